The number of ketones is 1. The molecule has 1 aliphatic heterocycles. The van der Waals surface area contributed by atoms with Crippen LogP contribution in [0.2, 0.25) is 0 Å². The molecule has 0 radical (unpaired) electrons. The van der Waals surface area contributed by atoms with Gasteiger partial charge in [0.15, 0.2) is 17.5 Å². The number of ether oxygens (including phenoxy) is 6. The lowest BCUT2D eigenvalue weighted by atomic mass is 9.44. The molecule has 20 nitrogen and oxygen atoms in total. The largest absolute Gasteiger partial charge is 0.480 e. The third kappa shape index (κ3) is 16.0. The van der Waals surface area contributed by atoms with Gasteiger partial charge >= 0.3 is 35.8 Å². The third-order valence-electron chi connectivity index (χ3n) is 18.8. The monoisotopic (exact) mass is 1230 g/mol. The van der Waals surface area contributed by atoms with E-state index < -0.39 is 149 Å². The Bertz CT molecular complexity index is 3010. The number of nitrogens with one attached hydrogen (secondary N) is 2. The third-order valence-corrected chi connectivity index (χ3v) is 18.8. The Morgan fingerprint density at radius 3 is 1.78 bits per heavy atom. The molecule has 20 heteroatoms. The Labute approximate surface area is 521 Å². The lowest BCUT2D eigenvalue weighted by molar-refractivity contribution is -0.346. The summed E-state index contributed by atoms with van der Waals surface area (Å²) in [5, 5.41) is 41.8. The van der Waals surface area contributed by atoms with E-state index >= 15 is 9.59 Å². The van der Waals surface area contributed by atoms with Gasteiger partial charge < -0.3 is 54.4 Å². The fraction of sp³-hybridized carbons (Fsp3) is 0.580. The maximum atomic E-state index is 15.9. The van der Waals surface area contributed by atoms with E-state index in [-0.39, 0.29) is 47.3 Å². The molecule has 7 rings (SSSR count). The summed E-state index contributed by atoms with van der Waals surface area (Å²) in [6, 6.07) is 20.9. The number of carbonyl (C=O) groups is 9. The predicted octanol–water partition coefficient (Wildman–Crippen LogP) is 9.51. The van der Waals surface area contributed by atoms with Gasteiger partial charge in [-0.25, -0.2) is 14.4 Å². The fourth-order valence-corrected chi connectivity index (χ4v) is 13.8. The molecule has 5 N–H and O–H groups in total. The van der Waals surface area contributed by atoms with E-state index in [0.717, 1.165) is 46.0 Å². The number of esters is 5. The van der Waals surface area contributed by atoms with Gasteiger partial charge in [-0.1, -0.05) is 177 Å². The van der Waals surface area contributed by atoms with Crippen molar-refractivity contribution < 1.29 is 86.9 Å². The topological polar surface area (TPSA) is 294 Å². The van der Waals surface area contributed by atoms with Crippen LogP contribution in [-0.2, 0) is 62.0 Å². The standard InChI is InChI=1S/C69H90N2O18/c1-8-9-10-11-12-13-14-15-16-17-18-19-20-30-37-49(63(79)80)70-53(75)38-39-54(76)87-58(56(46-31-24-21-25-32-46)71-62(78)47-33-26-22-27-34-47)65(82)86-50-41-69(83)61(88-64(81)48-35-28-23-29-36-48)59-67(7,51(74)40-52-68(59,42-84-52)89-45(4)73)60(77)57(85-44(3)72)55(43(50)2)66(69,5)6/h21-29,31-36,49-52,56-59,61,74,83H,8-20,30,37-42H2,1-7H3,(H,70,75)(H,71,78)(H,79,80)/t49?,50-,51-,52+,56-,57+,58+,59?,61-,67+,68-,69+/m0/s1. The van der Waals surface area contributed by atoms with Gasteiger partial charge in [-0.15, -0.1) is 0 Å². The number of amides is 2. The Hall–Kier alpha value is -7.29. The van der Waals surface area contributed by atoms with E-state index in [4.69, 9.17) is 28.4 Å². The summed E-state index contributed by atoms with van der Waals surface area (Å²) in [4.78, 5) is 127. The van der Waals surface area contributed by atoms with E-state index in [0.29, 0.717) is 6.42 Å². The number of benzene rings is 3. The lowest BCUT2D eigenvalue weighted by Crippen LogP contribution is -2.82. The van der Waals surface area contributed by atoms with E-state index in [1.165, 1.54) is 103 Å². The number of carboxylic acid groups (broad SMARTS) is 1. The highest BCUT2D eigenvalue weighted by molar-refractivity contribution is 5.97. The van der Waals surface area contributed by atoms with Gasteiger partial charge in [-0.05, 0) is 61.2 Å². The minimum atomic E-state index is -2.53. The Kier molecular flexibility index (Phi) is 24.1. The highest BCUT2D eigenvalue weighted by Crippen LogP contribution is 2.64. The van der Waals surface area contributed by atoms with Crippen molar-refractivity contribution in [3.05, 3.63) is 119 Å². The molecule has 2 unspecified atom stereocenters. The first kappa shape index (κ1) is 69.2. The Morgan fingerprint density at radius 2 is 1.25 bits per heavy atom. The predicted molar refractivity (Wildman–Crippen MR) is 325 cm³/mol. The number of aliphatic hydroxyl groups excluding tert-OH is 1. The van der Waals surface area contributed by atoms with Crippen molar-refractivity contribution in [1.82, 2.24) is 10.6 Å². The number of hydrogen-bond donors (Lipinski definition) is 5. The summed E-state index contributed by atoms with van der Waals surface area (Å²) in [5.41, 5.74) is -7.94. The van der Waals surface area contributed by atoms with Crippen molar-refractivity contribution in [2.24, 2.45) is 16.7 Å². The maximum Gasteiger partial charge on any atom is 0.350 e. The van der Waals surface area contributed by atoms with Crippen LogP contribution in [0.4, 0.5) is 0 Å². The smallest absolute Gasteiger partial charge is 0.350 e. The van der Waals surface area contributed by atoms with Gasteiger partial charge in [0.25, 0.3) is 5.91 Å². The SMILES string of the molecule is CCCCCCCCCCCCCCCCC(NC(=O)CCC(=O)O[C@@H](C(=O)O[C@H]1C[C@@]2(O)[C@@H](OC(=O)c3ccccc3)C3[C@](C)(C(=O)[C@H](OC(C)=O)C(=C1C)C2(C)C)[C@@H](O)C[C@H]1OC[C@@]31OC(C)=O)[C@@H](NC(=O)c1ccccc1)c1ccccc1)C(=O)O. The van der Waals surface area contributed by atoms with Crippen molar-refractivity contribution in [3.8, 4) is 0 Å². The molecule has 89 heavy (non-hydrogen) atoms. The summed E-state index contributed by atoms with van der Waals surface area (Å²) >= 11 is 0. The van der Waals surface area contributed by atoms with Gasteiger partial charge in [0.05, 0.1) is 36.0 Å². The van der Waals surface area contributed by atoms with Crippen LogP contribution in [0.5, 0.6) is 0 Å². The summed E-state index contributed by atoms with van der Waals surface area (Å²) in [6.45, 7) is 9.92. The van der Waals surface area contributed by atoms with Gasteiger partial charge in [-0.2, -0.15) is 0 Å². The summed E-state index contributed by atoms with van der Waals surface area (Å²) in [5.74, 6) is -10.5. The lowest BCUT2D eigenvalue weighted by Gasteiger charge is -2.67. The molecule has 2 saturated carbocycles. The van der Waals surface area contributed by atoms with E-state index in [1.807, 2.05) is 0 Å². The zero-order chi connectivity index (χ0) is 64.7. The molecule has 484 valence electrons. The van der Waals surface area contributed by atoms with Gasteiger partial charge in [0.2, 0.25) is 12.0 Å². The van der Waals surface area contributed by atoms with Crippen LogP contribution in [0.15, 0.2) is 102 Å². The molecule has 2 bridgehead atoms. The molecule has 3 aliphatic carbocycles. The molecule has 1 saturated heterocycles. The minimum Gasteiger partial charge on any atom is -0.480 e. The molecule has 0 spiro atoms. The number of Topliss-reactive ketones (excluding diaryl/α,β-unsaturated/α-hetero) is 1. The highest BCUT2D eigenvalue weighted by atomic mass is 16.6. The number of carbonyl (C=O) groups excluding carboxylic acids is 8. The summed E-state index contributed by atoms with van der Waals surface area (Å²) < 4.78 is 37.0. The molecular formula is C69H90N2O18. The van der Waals surface area contributed by atoms with Crippen molar-refractivity contribution in [1.29, 1.82) is 0 Å². The quantitative estimate of drug-likeness (QED) is 0.0173. The van der Waals surface area contributed by atoms with E-state index in [1.54, 1.807) is 66.7 Å². The minimum absolute atomic E-state index is 0.0142. The van der Waals surface area contributed by atoms with Crippen LogP contribution in [-0.4, -0.2) is 129 Å². The first-order chi connectivity index (χ1) is 42.4. The summed E-state index contributed by atoms with van der Waals surface area (Å²) in [7, 11) is 0. The van der Waals surface area contributed by atoms with Crippen LogP contribution < -0.4 is 10.6 Å². The second kappa shape index (κ2) is 31.0. The van der Waals surface area contributed by atoms with Crippen LogP contribution in [0.3, 0.4) is 0 Å². The number of carboxylic acids is 1. The average Bonchev–Trinajstić information content (AvgIpc) is 0.673. The van der Waals surface area contributed by atoms with Gasteiger partial charge in [-0.3, -0.25) is 28.8 Å². The first-order valence-electron chi connectivity index (χ1n) is 31.6. The normalized spacial score (nSPS) is 26.0. The molecule has 1 heterocycles. The van der Waals surface area contributed by atoms with Gasteiger partial charge in [0.1, 0.15) is 36.0 Å². The maximum absolute atomic E-state index is 15.9. The molecule has 4 aliphatic rings. The zero-order valence-electron chi connectivity index (χ0n) is 52.5. The molecular weight excluding hydrogens is 1140 g/mol. The van der Waals surface area contributed by atoms with Crippen molar-refractivity contribution in [2.45, 2.75) is 230 Å². The number of hydrogen-bond acceptors (Lipinski definition) is 17. The average molecular weight is 1240 g/mol. The fourth-order valence-electron chi connectivity index (χ4n) is 13.8. The number of aliphatic hydroxyl groups is 2. The number of fused-ring (bicyclic) bond motifs is 5. The molecule has 0 aromatic heterocycles. The van der Waals surface area contributed by atoms with Crippen molar-refractivity contribution in [2.75, 3.05) is 6.61 Å². The first-order valence-corrected chi connectivity index (χ1v) is 31.6. The van der Waals surface area contributed by atoms with Crippen LogP contribution >= 0.6 is 0 Å². The van der Waals surface area contributed by atoms with E-state index in [2.05, 4.69) is 17.6 Å². The van der Waals surface area contributed by atoms with Crippen LogP contribution in [0, 0.1) is 16.7 Å². The summed E-state index contributed by atoms with van der Waals surface area (Å²) in [6.07, 6.45) is 3.30. The highest BCUT2D eigenvalue weighted by Gasteiger charge is 2.78. The Morgan fingerprint density at radius 1 is 0.697 bits per heavy atom. The number of unbranched alkanes of at least 4 members (excludes halogenated alkanes) is 13. The van der Waals surface area contributed by atoms with Gasteiger partial charge in [0, 0.05) is 44.1 Å². The van der Waals surface area contributed by atoms with Crippen molar-refractivity contribution in [3.63, 3.8) is 0 Å². The molecule has 3 fully saturated rings. The second-order valence-corrected chi connectivity index (χ2v) is 25.2. The Balaban J connectivity index is 1.19. The molecule has 2 amide bonds. The molecule has 3 aromatic carbocycles. The number of rotatable bonds is 31. The second-order valence-electron chi connectivity index (χ2n) is 25.2. The van der Waals surface area contributed by atoms with Crippen LogP contribution in [0.1, 0.15) is 203 Å². The van der Waals surface area contributed by atoms with E-state index in [9.17, 15) is 48.9 Å². The van der Waals surface area contributed by atoms with Crippen molar-refractivity contribution >= 4 is 53.4 Å². The molecule has 12 atom stereocenters. The van der Waals surface area contributed by atoms with Crippen LogP contribution in [0.25, 0.3) is 0 Å². The molecule has 3 aromatic rings. The zero-order valence-corrected chi connectivity index (χ0v) is 52.5. The number of aliphatic carboxylic acids is 1.